The third-order valence-corrected chi connectivity index (χ3v) is 4.11. The van der Waals surface area contributed by atoms with E-state index in [0.717, 1.165) is 6.20 Å². The Kier molecular flexibility index (Phi) is 8.16. The summed E-state index contributed by atoms with van der Waals surface area (Å²) in [6.07, 6.45) is -4.32. The highest BCUT2D eigenvalue weighted by Gasteiger charge is 2.48. The molecule has 0 radical (unpaired) electrons. The zero-order valence-electron chi connectivity index (χ0n) is 16.4. The van der Waals surface area contributed by atoms with Crippen molar-refractivity contribution in [3.8, 4) is 0 Å². The van der Waals surface area contributed by atoms with Gasteiger partial charge in [-0.1, -0.05) is 38.6 Å². The van der Waals surface area contributed by atoms with Gasteiger partial charge in [0, 0.05) is 36.5 Å². The van der Waals surface area contributed by atoms with Gasteiger partial charge >= 0.3 is 6.18 Å². The van der Waals surface area contributed by atoms with Gasteiger partial charge in [-0.25, -0.2) is 4.99 Å². The minimum Gasteiger partial charge on any atom is -0.388 e. The molecule has 1 aliphatic rings. The second-order valence-electron chi connectivity index (χ2n) is 5.72. The number of allylic oxidation sites excluding steroid dienone is 1. The van der Waals surface area contributed by atoms with Crippen molar-refractivity contribution < 1.29 is 18.0 Å². The quantitative estimate of drug-likeness (QED) is 0.649. The Hall–Kier alpha value is -2.90. The maximum atomic E-state index is 13.6. The Balaban J connectivity index is 0.00000190. The molecule has 8 heteroatoms. The Labute approximate surface area is 162 Å². The summed E-state index contributed by atoms with van der Waals surface area (Å²) in [6.45, 7) is 8.81. The fourth-order valence-electron chi connectivity index (χ4n) is 2.87. The van der Waals surface area contributed by atoms with Gasteiger partial charge in [0.2, 0.25) is 5.91 Å². The number of amidine groups is 1. The van der Waals surface area contributed by atoms with Crippen LogP contribution in [0.1, 0.15) is 32.8 Å². The lowest BCUT2D eigenvalue weighted by atomic mass is 9.84. The molecule has 1 aromatic carbocycles. The predicted molar refractivity (Wildman–Crippen MR) is 107 cm³/mol. The summed E-state index contributed by atoms with van der Waals surface area (Å²) in [5.74, 6) is -3.02. The summed E-state index contributed by atoms with van der Waals surface area (Å²) in [7, 11) is 1.67. The van der Waals surface area contributed by atoms with Gasteiger partial charge < -0.3 is 10.6 Å². The number of piperidine rings is 1. The molecular weight excluding hydrogens is 369 g/mol. The summed E-state index contributed by atoms with van der Waals surface area (Å²) in [5.41, 5.74) is 0.870. The molecule has 0 spiro atoms. The van der Waals surface area contributed by atoms with E-state index in [0.29, 0.717) is 11.3 Å². The molecule has 1 fully saturated rings. The van der Waals surface area contributed by atoms with Crippen molar-refractivity contribution in [3.05, 3.63) is 53.8 Å². The van der Waals surface area contributed by atoms with Gasteiger partial charge in [0.25, 0.3) is 0 Å². The van der Waals surface area contributed by atoms with E-state index in [-0.39, 0.29) is 22.7 Å². The number of alkyl halides is 3. The van der Waals surface area contributed by atoms with E-state index in [2.05, 4.69) is 22.2 Å². The highest BCUT2D eigenvalue weighted by molar-refractivity contribution is 6.20. The first kappa shape index (κ1) is 23.1. The second kappa shape index (κ2) is 9.87. The molecule has 1 aromatic rings. The first-order chi connectivity index (χ1) is 13.2. The molecule has 28 heavy (non-hydrogen) atoms. The first-order valence-electron chi connectivity index (χ1n) is 8.83. The van der Waals surface area contributed by atoms with Crippen LogP contribution in [0.3, 0.4) is 0 Å². The monoisotopic (exact) mass is 394 g/mol. The van der Waals surface area contributed by atoms with Crippen molar-refractivity contribution in [3.63, 3.8) is 0 Å². The van der Waals surface area contributed by atoms with Gasteiger partial charge in [-0.05, 0) is 18.6 Å². The molecule has 5 nitrogen and oxygen atoms in total. The third-order valence-electron chi connectivity index (χ3n) is 4.11. The lowest BCUT2D eigenvalue weighted by Crippen LogP contribution is -2.46. The molecule has 1 aliphatic heterocycles. The second-order valence-corrected chi connectivity index (χ2v) is 5.72. The number of carbonyl (C=O) groups excluding carboxylic acids is 1. The summed E-state index contributed by atoms with van der Waals surface area (Å²) in [4.78, 5) is 15.5. The smallest absolute Gasteiger partial charge is 0.388 e. The Morgan fingerprint density at radius 1 is 1.36 bits per heavy atom. The minimum atomic E-state index is -4.64. The van der Waals surface area contributed by atoms with Crippen LogP contribution in [0.5, 0.6) is 0 Å². The van der Waals surface area contributed by atoms with Crippen LogP contribution in [0.25, 0.3) is 0 Å². The maximum absolute atomic E-state index is 13.6. The zero-order chi connectivity index (χ0) is 21.5. The number of carbonyl (C=O) groups is 1. The molecule has 1 unspecified atom stereocenters. The Morgan fingerprint density at radius 2 is 1.96 bits per heavy atom. The van der Waals surface area contributed by atoms with Crippen molar-refractivity contribution >= 4 is 23.1 Å². The fourth-order valence-corrected chi connectivity index (χ4v) is 2.87. The number of nitrogens with one attached hydrogen (secondary N) is 3. The molecule has 0 saturated carbocycles. The van der Waals surface area contributed by atoms with E-state index >= 15 is 0 Å². The fraction of sp³-hybridized carbons (Fsp3) is 0.350. The summed E-state index contributed by atoms with van der Waals surface area (Å²) >= 11 is 0. The van der Waals surface area contributed by atoms with Gasteiger partial charge in [0.1, 0.15) is 5.84 Å². The molecule has 2 rings (SSSR count). The van der Waals surface area contributed by atoms with Gasteiger partial charge in [0.05, 0.1) is 11.6 Å². The lowest BCUT2D eigenvalue weighted by Gasteiger charge is -2.30. The van der Waals surface area contributed by atoms with Crippen LogP contribution >= 0.6 is 0 Å². The van der Waals surface area contributed by atoms with E-state index in [9.17, 15) is 18.0 Å². The minimum absolute atomic E-state index is 0.0767. The standard InChI is InChI=1S/C18H19F3N4O.C2H6/c1-4-24-17-15(12(18(19,20)21)9-14(26)25-17)10(2)16(22)11-7-5-6-8-13(11)23-3;1-2/h4-8,12,22-23H,1,9H2,2-3H3,(H,24,25,26);1-2H3/b15-10+,22-16?;. The topological polar surface area (TPSA) is 77.3 Å². The lowest BCUT2D eigenvalue weighted by molar-refractivity contribution is -0.169. The summed E-state index contributed by atoms with van der Waals surface area (Å²) in [5, 5.41) is 13.7. The van der Waals surface area contributed by atoms with Crippen LogP contribution in [-0.2, 0) is 4.79 Å². The molecule has 152 valence electrons. The average molecular weight is 394 g/mol. The number of hydrogen-bond donors (Lipinski definition) is 3. The molecule has 0 bridgehead atoms. The molecule has 1 saturated heterocycles. The van der Waals surface area contributed by atoms with Crippen molar-refractivity contribution in [1.29, 1.82) is 5.41 Å². The van der Waals surface area contributed by atoms with E-state index < -0.39 is 24.4 Å². The van der Waals surface area contributed by atoms with Crippen molar-refractivity contribution in [2.45, 2.75) is 33.4 Å². The van der Waals surface area contributed by atoms with Crippen LogP contribution in [0, 0.1) is 11.3 Å². The number of halogens is 3. The van der Waals surface area contributed by atoms with Crippen molar-refractivity contribution in [1.82, 2.24) is 5.32 Å². The number of aliphatic imine (C=N–C) groups is 1. The normalized spacial score (nSPS) is 19.9. The van der Waals surface area contributed by atoms with Gasteiger partial charge in [-0.2, -0.15) is 13.2 Å². The van der Waals surface area contributed by atoms with Gasteiger partial charge in [-0.15, -0.1) is 0 Å². The van der Waals surface area contributed by atoms with Crippen molar-refractivity contribution in [2.24, 2.45) is 10.9 Å². The van der Waals surface area contributed by atoms with E-state index in [1.807, 2.05) is 13.8 Å². The number of hydrogen-bond acceptors (Lipinski definition) is 4. The number of nitrogens with zero attached hydrogens (tertiary/aromatic N) is 1. The molecule has 1 heterocycles. The first-order valence-corrected chi connectivity index (χ1v) is 8.83. The van der Waals surface area contributed by atoms with Crippen LogP contribution in [-0.4, -0.2) is 30.7 Å². The number of anilines is 1. The summed E-state index contributed by atoms with van der Waals surface area (Å²) in [6, 6.07) is 6.83. The largest absolute Gasteiger partial charge is 0.396 e. The van der Waals surface area contributed by atoms with Crippen LogP contribution < -0.4 is 10.6 Å². The highest BCUT2D eigenvalue weighted by atomic mass is 19.4. The van der Waals surface area contributed by atoms with Crippen molar-refractivity contribution in [2.75, 3.05) is 12.4 Å². The average Bonchev–Trinajstić information content (AvgIpc) is 2.67. The van der Waals surface area contributed by atoms with Crippen LogP contribution in [0.15, 0.2) is 53.2 Å². The highest BCUT2D eigenvalue weighted by Crippen LogP contribution is 2.39. The molecule has 3 N–H and O–H groups in total. The molecular formula is C20H25F3N4O. The molecule has 1 amide bonds. The van der Waals surface area contributed by atoms with Gasteiger partial charge in [0.15, 0.2) is 0 Å². The Bertz CT molecular complexity index is 810. The summed E-state index contributed by atoms with van der Waals surface area (Å²) < 4.78 is 40.7. The van der Waals surface area contributed by atoms with Crippen LogP contribution in [0.4, 0.5) is 18.9 Å². The van der Waals surface area contributed by atoms with Crippen LogP contribution in [0.2, 0.25) is 0 Å². The predicted octanol–water partition coefficient (Wildman–Crippen LogP) is 4.68. The Morgan fingerprint density at radius 3 is 2.50 bits per heavy atom. The third kappa shape index (κ3) is 5.09. The van der Waals surface area contributed by atoms with E-state index in [1.165, 1.54) is 6.92 Å². The van der Waals surface area contributed by atoms with E-state index in [1.54, 1.807) is 31.3 Å². The SMILES string of the molecule is C=CN=C1NC(=O)CC(C(F)(F)F)/C1=C(/C)C(=N)c1ccccc1NC.CC. The number of amides is 1. The van der Waals surface area contributed by atoms with Gasteiger partial charge in [-0.3, -0.25) is 10.2 Å². The molecule has 1 atom stereocenters. The number of rotatable bonds is 4. The maximum Gasteiger partial charge on any atom is 0.396 e. The molecule has 0 aliphatic carbocycles. The zero-order valence-corrected chi connectivity index (χ0v) is 16.4. The number of benzene rings is 1. The van der Waals surface area contributed by atoms with E-state index in [4.69, 9.17) is 5.41 Å². The molecule has 0 aromatic heterocycles. The number of para-hydroxylation sites is 1.